The largest absolute Gasteiger partial charge is 1.00 e. The molecule has 50 heteroatoms. The Morgan fingerprint density at radius 1 is 0.529 bits per heavy atom. The number of carboxylic acid groups (broad SMARTS) is 1. The number of carbonyl (C=O) groups excluding carboxylic acids is 1. The molecule has 0 aromatic rings. The molecular weight excluding hydrogens is 1190 g/mol. The Balaban J connectivity index is -0.00000137. The molecule has 0 aliphatic carbocycles. The number of hydrogen-bond donors (Lipinski definition) is 2. The van der Waals surface area contributed by atoms with Gasteiger partial charge in [-0.2, -0.15) is 0 Å². The van der Waals surface area contributed by atoms with Crippen LogP contribution in [0.1, 0.15) is 13.3 Å². The predicted molar refractivity (Wildman–Crippen MR) is 169 cm³/mol. The van der Waals surface area contributed by atoms with Crippen LogP contribution < -0.4 is 212 Å². The number of rotatable bonds is 24. The number of nitrogens with one attached hydrogen (secondary N) is 1. The molecule has 0 aromatic carbocycles. The van der Waals surface area contributed by atoms with Gasteiger partial charge in [0.2, 0.25) is 78.7 Å². The number of hydrogen-bond acceptors (Lipinski definition) is 34. The Labute approximate surface area is 547 Å². The minimum absolute atomic E-state index is 0. The van der Waals surface area contributed by atoms with Gasteiger partial charge in [0.1, 0.15) is 54.2 Å². The van der Waals surface area contributed by atoms with Crippen LogP contribution in [0.4, 0.5) is 0 Å². The van der Waals surface area contributed by atoms with Crippen molar-refractivity contribution < 1.29 is 356 Å². The van der Waals surface area contributed by atoms with Gasteiger partial charge in [0, 0.05) is 6.92 Å². The number of aliphatic carboxylic acids is 1. The summed E-state index contributed by atoms with van der Waals surface area (Å²) < 4.78 is 288. The molecule has 11 atom stereocenters. The van der Waals surface area contributed by atoms with Gasteiger partial charge in [-0.1, -0.05) is 0 Å². The molecule has 2 aliphatic rings. The van der Waals surface area contributed by atoms with E-state index in [9.17, 15) is 105 Å². The molecule has 0 bridgehead atoms. The zero-order valence-electron chi connectivity index (χ0n) is 35.9. The quantitative estimate of drug-likeness (QED) is 0.0515. The molecular formula is C18H24NNa7O34S8. The molecule has 2 N–H and O–H groups in total. The van der Waals surface area contributed by atoms with Crippen LogP contribution in [0.5, 0.6) is 0 Å². The molecule has 2 heterocycles. The second-order valence-corrected chi connectivity index (χ2v) is 19.5. The fourth-order valence-corrected chi connectivity index (χ4v) is 9.26. The first-order valence-electron chi connectivity index (χ1n) is 14.7. The van der Waals surface area contributed by atoms with Gasteiger partial charge < -0.3 is 56.5 Å². The summed E-state index contributed by atoms with van der Waals surface area (Å²) in [5.74, 6) is -3.34. The molecule has 68 heavy (non-hydrogen) atoms. The zero-order valence-corrected chi connectivity index (χ0v) is 56.4. The van der Waals surface area contributed by atoms with Crippen molar-refractivity contribution in [3.8, 4) is 0 Å². The summed E-state index contributed by atoms with van der Waals surface area (Å²) in [6.45, 7) is -3.05. The van der Waals surface area contributed by atoms with Crippen LogP contribution in [-0.2, 0) is 126 Å². The Hall–Kier alpha value is 5.26. The van der Waals surface area contributed by atoms with Crippen LogP contribution in [0, 0.1) is 0 Å². The maximum Gasteiger partial charge on any atom is 1.00 e. The van der Waals surface area contributed by atoms with Gasteiger partial charge in [-0.25, -0.2) is 63.7 Å². The SMILES string of the molecule is CC(=O)NC(CCS[C@@H]1O[C@H](COS(=O)(=O)[O-])[C@@H](O[C@H]2O[C@H](COS(=O)(=O)[O-])[C@@H](OS(=O)(=O)[O-])[C@H](OS(=O)(=O)[O-])[C@H]2OS(=O)(=O)[O-])[C@H](OS(=O)(=O)[O-])[C@H]1OS(=O)(=O)[O-])C(=O)O.[Na+].[Na+].[Na+].[Na+].[Na+].[Na+].[Na+]. The number of thioether (sulfide) groups is 1. The van der Waals surface area contributed by atoms with Crippen LogP contribution in [0.15, 0.2) is 0 Å². The zero-order chi connectivity index (χ0) is 47.3. The van der Waals surface area contributed by atoms with E-state index < -0.39 is 177 Å². The molecule has 2 aliphatic heterocycles. The first-order chi connectivity index (χ1) is 27.2. The summed E-state index contributed by atoms with van der Waals surface area (Å²) in [4.78, 5) is 23.0. The standard InChI is InChI=1S/C18H31NO34S8.7Na/c1-6(20)19-7(16(21)22)2-3-54-18-15(53-61(41,42)43)12(50-58(32,33)34)10(8(47-18)4-44-55(23,24)25)48-17-14(52-60(38,39)40)13(51-59(35,36)37)11(49-57(29,30)31)9(46-17)5-45-56(26,27)28;;;;;;;/h7-15,17-18H,2-5H2,1H3,(H,19,20)(H,21,22)(H,23,24,25)(H,26,27,28)(H,29,30,31)(H,32,33,34)(H,35,36,37)(H,38,39,40)(H,41,42,43);;;;;;;/q;7*+1/p-7/t7?,8-,9-,10-,11-,12+,13+,14-,15-,17-,18+;;;;;;;/m1......./s1. The Kier molecular flexibility index (Phi) is 43.6. The third-order valence-electron chi connectivity index (χ3n) is 6.74. The van der Waals surface area contributed by atoms with E-state index in [1.165, 1.54) is 0 Å². The third kappa shape index (κ3) is 35.0. The molecule has 2 saturated heterocycles. The number of carboxylic acids is 1. The Morgan fingerprint density at radius 3 is 1.22 bits per heavy atom. The number of carbonyl (C=O) groups is 2. The summed E-state index contributed by atoms with van der Waals surface area (Å²) >= 11 is 0.0792. The third-order valence-corrected chi connectivity index (χ3v) is 11.1. The van der Waals surface area contributed by atoms with Gasteiger partial charge in [-0.15, -0.1) is 11.8 Å². The topological polar surface area (TPSA) is 559 Å². The van der Waals surface area contributed by atoms with Gasteiger partial charge in [-0.05, 0) is 12.2 Å². The average Bonchev–Trinajstić information content (AvgIpc) is 3.00. The maximum absolute atomic E-state index is 12.0. The fraction of sp³-hybridized carbons (Fsp3) is 0.889. The van der Waals surface area contributed by atoms with E-state index >= 15 is 0 Å². The molecule has 0 aromatic heterocycles. The molecule has 2 fully saturated rings. The van der Waals surface area contributed by atoms with E-state index in [-0.39, 0.29) is 219 Å². The van der Waals surface area contributed by atoms with Gasteiger partial charge in [0.25, 0.3) is 0 Å². The molecule has 0 saturated carbocycles. The monoisotopic (exact) mass is 1210 g/mol. The maximum atomic E-state index is 12.0. The summed E-state index contributed by atoms with van der Waals surface area (Å²) in [5.41, 5.74) is -2.41. The predicted octanol–water partition coefficient (Wildman–Crippen LogP) is -29.3. The molecule has 35 nitrogen and oxygen atoms in total. The molecule has 2 rings (SSSR count). The summed E-state index contributed by atoms with van der Waals surface area (Å²) in [6, 6.07) is -1.77. The molecule has 360 valence electrons. The first-order valence-corrected chi connectivity index (χ1v) is 25.1. The van der Waals surface area contributed by atoms with Crippen LogP contribution in [0.3, 0.4) is 0 Å². The van der Waals surface area contributed by atoms with Crippen molar-refractivity contribution in [2.45, 2.75) is 79.9 Å². The van der Waals surface area contributed by atoms with Crippen molar-refractivity contribution in [1.82, 2.24) is 5.32 Å². The van der Waals surface area contributed by atoms with Crippen molar-refractivity contribution in [2.75, 3.05) is 19.0 Å². The molecule has 0 radical (unpaired) electrons. The summed E-state index contributed by atoms with van der Waals surface area (Å²) in [5, 5.41) is 11.3. The van der Waals surface area contributed by atoms with Crippen LogP contribution >= 0.6 is 11.8 Å². The van der Waals surface area contributed by atoms with E-state index in [2.05, 4.69) is 29.3 Å². The van der Waals surface area contributed by atoms with Crippen molar-refractivity contribution in [1.29, 1.82) is 0 Å². The minimum atomic E-state index is -6.48. The first kappa shape index (κ1) is 84.6. The van der Waals surface area contributed by atoms with Crippen molar-refractivity contribution >= 4 is 96.4 Å². The van der Waals surface area contributed by atoms with Crippen molar-refractivity contribution in [3.05, 3.63) is 0 Å². The molecule has 1 unspecified atom stereocenters. The van der Waals surface area contributed by atoms with Gasteiger partial charge >= 0.3 is 213 Å². The average molecular weight is 1220 g/mol. The van der Waals surface area contributed by atoms with E-state index in [4.69, 9.17) is 14.2 Å². The van der Waals surface area contributed by atoms with E-state index in [1.807, 2.05) is 5.32 Å². The van der Waals surface area contributed by atoms with E-state index in [0.29, 0.717) is 0 Å². The number of amides is 1. The fourth-order valence-electron chi connectivity index (χ4n) is 4.91. The molecule has 1 amide bonds. The number of ether oxygens (including phenoxy) is 3. The molecule has 0 spiro atoms. The summed E-state index contributed by atoms with van der Waals surface area (Å²) in [7, 11) is -43.9. The van der Waals surface area contributed by atoms with Crippen LogP contribution in [0.2, 0.25) is 0 Å². The van der Waals surface area contributed by atoms with Crippen LogP contribution in [-0.4, -0.2) is 193 Å². The minimum Gasteiger partial charge on any atom is -0.726 e. The van der Waals surface area contributed by atoms with Gasteiger partial charge in [0.15, 0.2) is 12.4 Å². The summed E-state index contributed by atoms with van der Waals surface area (Å²) in [6.07, 6.45) is -29.4. The Bertz CT molecular complexity index is 2380. The second kappa shape index (κ2) is 35.1. The van der Waals surface area contributed by atoms with E-state index in [0.717, 1.165) is 6.92 Å². The van der Waals surface area contributed by atoms with Crippen molar-refractivity contribution in [3.63, 3.8) is 0 Å². The normalized spacial score (nSPS) is 26.1. The van der Waals surface area contributed by atoms with Crippen LogP contribution in [0.25, 0.3) is 0 Å². The van der Waals surface area contributed by atoms with E-state index in [1.54, 1.807) is 0 Å². The van der Waals surface area contributed by atoms with Gasteiger partial charge in [0.05, 0.1) is 13.2 Å². The second-order valence-electron chi connectivity index (χ2n) is 11.2. The Morgan fingerprint density at radius 2 is 0.868 bits per heavy atom. The smallest absolute Gasteiger partial charge is 0.726 e. The van der Waals surface area contributed by atoms with Gasteiger partial charge in [-0.3, -0.25) is 34.1 Å². The van der Waals surface area contributed by atoms with Crippen molar-refractivity contribution in [2.24, 2.45) is 0 Å².